The maximum atomic E-state index is 13.0. The minimum Gasteiger partial charge on any atom is -0.481 e. The normalized spacial score (nSPS) is 18.3. The Balaban J connectivity index is 1.97. The lowest BCUT2D eigenvalue weighted by atomic mass is 10.1. The van der Waals surface area contributed by atoms with Crippen molar-refractivity contribution in [2.45, 2.75) is 17.6 Å². The van der Waals surface area contributed by atoms with E-state index in [1.54, 1.807) is 16.7 Å². The summed E-state index contributed by atoms with van der Waals surface area (Å²) in [5.41, 5.74) is 1.16. The molecule has 1 N–H and O–H groups in total. The Hall–Kier alpha value is -1.67. The number of hydrogen-bond acceptors (Lipinski definition) is 5. The van der Waals surface area contributed by atoms with Gasteiger partial charge in [-0.3, -0.25) is 14.0 Å². The van der Waals surface area contributed by atoms with E-state index in [0.29, 0.717) is 18.0 Å². The van der Waals surface area contributed by atoms with E-state index >= 15 is 0 Å². The number of fused-ring (bicyclic) bond motifs is 1. The molecule has 3 heterocycles. The number of imidazole rings is 1. The lowest BCUT2D eigenvalue weighted by molar-refractivity contribution is -0.138. The van der Waals surface area contributed by atoms with Crippen LogP contribution < -0.4 is 0 Å². The largest absolute Gasteiger partial charge is 0.481 e. The quantitative estimate of drug-likeness (QED) is 0.850. The number of nitrogens with zero attached hydrogens (tertiary/aromatic N) is 3. The summed E-state index contributed by atoms with van der Waals surface area (Å²) in [7, 11) is 0. The van der Waals surface area contributed by atoms with Gasteiger partial charge in [0.1, 0.15) is 0 Å². The highest BCUT2D eigenvalue weighted by molar-refractivity contribution is 7.99. The summed E-state index contributed by atoms with van der Waals surface area (Å²) in [5, 5.41) is 9.83. The molecule has 0 aromatic carbocycles. The van der Waals surface area contributed by atoms with Gasteiger partial charge in [-0.2, -0.15) is 11.8 Å². The molecule has 0 saturated carbocycles. The number of aromatic nitrogens is 2. The molecule has 1 aliphatic heterocycles. The molecule has 1 unspecified atom stereocenters. The minimum absolute atomic E-state index is 0.0279. The SMILES string of the molecule is CSc1nc(C(=O)N2CCSCC2CC(=O)O)c2ccccn12. The topological polar surface area (TPSA) is 74.9 Å². The van der Waals surface area contributed by atoms with Crippen molar-refractivity contribution in [1.29, 1.82) is 0 Å². The summed E-state index contributed by atoms with van der Waals surface area (Å²) in [4.78, 5) is 30.2. The fourth-order valence-corrected chi connectivity index (χ4v) is 4.34. The van der Waals surface area contributed by atoms with E-state index in [2.05, 4.69) is 4.98 Å². The highest BCUT2D eigenvalue weighted by Gasteiger charge is 2.31. The molecule has 1 fully saturated rings. The average molecular weight is 351 g/mol. The van der Waals surface area contributed by atoms with Crippen molar-refractivity contribution in [3.63, 3.8) is 0 Å². The molecule has 0 aliphatic carbocycles. The van der Waals surface area contributed by atoms with E-state index in [0.717, 1.165) is 16.4 Å². The zero-order valence-electron chi connectivity index (χ0n) is 12.6. The first kappa shape index (κ1) is 16.2. The smallest absolute Gasteiger partial charge is 0.305 e. The number of carboxylic acids is 1. The van der Waals surface area contributed by atoms with E-state index < -0.39 is 5.97 Å². The van der Waals surface area contributed by atoms with Crippen LogP contribution in [0.1, 0.15) is 16.9 Å². The molecule has 2 aromatic rings. The van der Waals surface area contributed by atoms with Crippen LogP contribution in [0.25, 0.3) is 5.52 Å². The van der Waals surface area contributed by atoms with E-state index in [4.69, 9.17) is 5.11 Å². The predicted octanol–water partition coefficient (Wildman–Crippen LogP) is 2.09. The van der Waals surface area contributed by atoms with Crippen molar-refractivity contribution in [1.82, 2.24) is 14.3 Å². The summed E-state index contributed by atoms with van der Waals surface area (Å²) in [6.07, 6.45) is 3.77. The zero-order valence-corrected chi connectivity index (χ0v) is 14.3. The van der Waals surface area contributed by atoms with Crippen molar-refractivity contribution >= 4 is 40.9 Å². The molecule has 0 radical (unpaired) electrons. The van der Waals surface area contributed by atoms with Gasteiger partial charge in [0, 0.05) is 24.2 Å². The molecule has 1 saturated heterocycles. The van der Waals surface area contributed by atoms with E-state index in [1.165, 1.54) is 11.8 Å². The number of amides is 1. The molecule has 122 valence electrons. The summed E-state index contributed by atoms with van der Waals surface area (Å²) in [6.45, 7) is 0.557. The second-order valence-electron chi connectivity index (χ2n) is 5.23. The third kappa shape index (κ3) is 3.18. The monoisotopic (exact) mass is 351 g/mol. The fraction of sp³-hybridized carbons (Fsp3) is 0.400. The van der Waals surface area contributed by atoms with Crippen LogP contribution >= 0.6 is 23.5 Å². The van der Waals surface area contributed by atoms with Crippen molar-refractivity contribution in [2.24, 2.45) is 0 Å². The third-order valence-corrected chi connectivity index (χ3v) is 5.54. The van der Waals surface area contributed by atoms with Crippen molar-refractivity contribution < 1.29 is 14.7 Å². The number of carboxylic acid groups (broad SMARTS) is 1. The number of aliphatic carboxylic acids is 1. The van der Waals surface area contributed by atoms with Gasteiger partial charge in [0.25, 0.3) is 5.91 Å². The highest BCUT2D eigenvalue weighted by atomic mass is 32.2. The molecule has 0 bridgehead atoms. The summed E-state index contributed by atoms with van der Waals surface area (Å²) in [5.74, 6) is 0.415. The maximum absolute atomic E-state index is 13.0. The number of thioether (sulfide) groups is 2. The Bertz CT molecular complexity index is 747. The first-order chi connectivity index (χ1) is 11.1. The van der Waals surface area contributed by atoms with Crippen LogP contribution in [0.4, 0.5) is 0 Å². The summed E-state index contributed by atoms with van der Waals surface area (Å²) in [6, 6.07) is 5.36. The van der Waals surface area contributed by atoms with Crippen LogP contribution in [-0.4, -0.2) is 61.6 Å². The van der Waals surface area contributed by atoms with Gasteiger partial charge in [-0.25, -0.2) is 4.98 Å². The Morgan fingerprint density at radius 2 is 2.30 bits per heavy atom. The molecule has 0 spiro atoms. The summed E-state index contributed by atoms with van der Waals surface area (Å²) < 4.78 is 1.89. The number of hydrogen-bond donors (Lipinski definition) is 1. The molecule has 23 heavy (non-hydrogen) atoms. The molecule has 1 atom stereocenters. The zero-order chi connectivity index (χ0) is 16.4. The van der Waals surface area contributed by atoms with E-state index in [1.807, 2.05) is 35.1 Å². The molecular formula is C15H17N3O3S2. The molecule has 3 rings (SSSR count). The Morgan fingerprint density at radius 1 is 1.48 bits per heavy atom. The predicted molar refractivity (Wildman–Crippen MR) is 91.4 cm³/mol. The van der Waals surface area contributed by atoms with Gasteiger partial charge >= 0.3 is 5.97 Å². The number of rotatable bonds is 4. The van der Waals surface area contributed by atoms with E-state index in [-0.39, 0.29) is 18.4 Å². The number of carbonyl (C=O) groups is 2. The number of pyridine rings is 1. The van der Waals surface area contributed by atoms with Gasteiger partial charge in [-0.1, -0.05) is 17.8 Å². The Labute approximate surface area is 142 Å². The second-order valence-corrected chi connectivity index (χ2v) is 7.15. The Kier molecular flexibility index (Phi) is 4.82. The van der Waals surface area contributed by atoms with Crippen LogP contribution in [0, 0.1) is 0 Å². The minimum atomic E-state index is -0.880. The lowest BCUT2D eigenvalue weighted by Crippen LogP contribution is -2.47. The van der Waals surface area contributed by atoms with Gasteiger partial charge in [-0.15, -0.1) is 0 Å². The molecule has 2 aromatic heterocycles. The van der Waals surface area contributed by atoms with E-state index in [9.17, 15) is 9.59 Å². The Morgan fingerprint density at radius 3 is 3.04 bits per heavy atom. The van der Waals surface area contributed by atoms with Crippen LogP contribution in [0.5, 0.6) is 0 Å². The second kappa shape index (κ2) is 6.84. The van der Waals surface area contributed by atoms with Gasteiger partial charge in [0.15, 0.2) is 10.9 Å². The summed E-state index contributed by atoms with van der Waals surface area (Å²) >= 11 is 3.17. The third-order valence-electron chi connectivity index (χ3n) is 3.80. The maximum Gasteiger partial charge on any atom is 0.305 e. The molecule has 1 aliphatic rings. The fourth-order valence-electron chi connectivity index (χ4n) is 2.74. The highest BCUT2D eigenvalue weighted by Crippen LogP contribution is 2.25. The average Bonchev–Trinajstić information content (AvgIpc) is 2.93. The first-order valence-corrected chi connectivity index (χ1v) is 9.61. The van der Waals surface area contributed by atoms with Crippen molar-refractivity contribution in [3.05, 3.63) is 30.1 Å². The van der Waals surface area contributed by atoms with Gasteiger partial charge in [-0.05, 0) is 18.4 Å². The standard InChI is InChI=1S/C15H17N3O3S2/c1-22-15-16-13(11-4-2-3-5-18(11)15)14(21)17-6-7-23-9-10(17)8-12(19)20/h2-5,10H,6-9H2,1H3,(H,19,20). The van der Waals surface area contributed by atoms with Crippen LogP contribution in [0.15, 0.2) is 29.6 Å². The van der Waals surface area contributed by atoms with Gasteiger partial charge in [0.05, 0.1) is 18.0 Å². The van der Waals surface area contributed by atoms with Crippen LogP contribution in [0.2, 0.25) is 0 Å². The van der Waals surface area contributed by atoms with Gasteiger partial charge < -0.3 is 10.0 Å². The van der Waals surface area contributed by atoms with Gasteiger partial charge in [0.2, 0.25) is 0 Å². The van der Waals surface area contributed by atoms with Crippen LogP contribution in [-0.2, 0) is 4.79 Å². The van der Waals surface area contributed by atoms with Crippen LogP contribution in [0.3, 0.4) is 0 Å². The molecular weight excluding hydrogens is 334 g/mol. The molecule has 6 nitrogen and oxygen atoms in total. The van der Waals surface area contributed by atoms with Crippen molar-refractivity contribution in [2.75, 3.05) is 24.3 Å². The first-order valence-electron chi connectivity index (χ1n) is 7.23. The van der Waals surface area contributed by atoms with Crippen molar-refractivity contribution in [3.8, 4) is 0 Å². The number of carbonyl (C=O) groups excluding carboxylic acids is 1. The molecule has 8 heteroatoms. The molecule has 1 amide bonds. The lowest BCUT2D eigenvalue weighted by Gasteiger charge is -2.34.